The molecule has 0 spiro atoms. The summed E-state index contributed by atoms with van der Waals surface area (Å²) in [5.41, 5.74) is 7.06. The molecule has 2 aromatic carbocycles. The molecule has 24 heavy (non-hydrogen) atoms. The van der Waals surface area contributed by atoms with Gasteiger partial charge in [-0.2, -0.15) is 0 Å². The summed E-state index contributed by atoms with van der Waals surface area (Å²) in [6, 6.07) is 12.0. The predicted octanol–water partition coefficient (Wildman–Crippen LogP) is 3.66. The molecule has 0 saturated carbocycles. The van der Waals surface area contributed by atoms with Crippen LogP contribution in [0.15, 0.2) is 48.5 Å². The van der Waals surface area contributed by atoms with Gasteiger partial charge in [0.05, 0.1) is 12.0 Å². The molecular weight excluding hydrogens is 310 g/mol. The number of halogens is 2. The van der Waals surface area contributed by atoms with Crippen molar-refractivity contribution in [3.63, 3.8) is 0 Å². The van der Waals surface area contributed by atoms with Gasteiger partial charge in [-0.15, -0.1) is 0 Å². The average Bonchev–Trinajstić information content (AvgIpc) is 2.58. The van der Waals surface area contributed by atoms with Crippen molar-refractivity contribution in [1.82, 2.24) is 5.32 Å². The van der Waals surface area contributed by atoms with Crippen molar-refractivity contribution in [2.75, 3.05) is 6.54 Å². The van der Waals surface area contributed by atoms with Gasteiger partial charge in [0, 0.05) is 18.2 Å². The molecule has 2 atom stereocenters. The van der Waals surface area contributed by atoms with Crippen LogP contribution in [0.25, 0.3) is 0 Å². The maximum Gasteiger partial charge on any atom is 0.227 e. The first-order valence-corrected chi connectivity index (χ1v) is 8.06. The SMILES string of the molecule is CCC[C@H](C(=O)NC[C@@H](N)c1ccc(F)cc1F)c1ccccc1. The highest BCUT2D eigenvalue weighted by atomic mass is 19.1. The molecule has 0 radical (unpaired) electrons. The highest BCUT2D eigenvalue weighted by Gasteiger charge is 2.21. The van der Waals surface area contributed by atoms with Crippen molar-refractivity contribution in [3.8, 4) is 0 Å². The molecule has 2 rings (SSSR count). The Morgan fingerprint density at radius 1 is 1.17 bits per heavy atom. The van der Waals surface area contributed by atoms with Crippen LogP contribution in [0.3, 0.4) is 0 Å². The van der Waals surface area contributed by atoms with Gasteiger partial charge in [-0.25, -0.2) is 8.78 Å². The smallest absolute Gasteiger partial charge is 0.227 e. The van der Waals surface area contributed by atoms with E-state index in [0.29, 0.717) is 0 Å². The lowest BCUT2D eigenvalue weighted by atomic mass is 9.93. The van der Waals surface area contributed by atoms with Gasteiger partial charge in [0.25, 0.3) is 0 Å². The summed E-state index contributed by atoms with van der Waals surface area (Å²) >= 11 is 0. The number of carbonyl (C=O) groups is 1. The molecule has 0 heterocycles. The summed E-state index contributed by atoms with van der Waals surface area (Å²) in [5.74, 6) is -1.76. The number of benzene rings is 2. The van der Waals surface area contributed by atoms with E-state index in [1.807, 2.05) is 37.3 Å². The quantitative estimate of drug-likeness (QED) is 0.813. The summed E-state index contributed by atoms with van der Waals surface area (Å²) in [4.78, 5) is 12.5. The lowest BCUT2D eigenvalue weighted by Gasteiger charge is -2.19. The Kier molecular flexibility index (Phi) is 6.44. The molecule has 0 aliphatic rings. The number of rotatable bonds is 7. The Morgan fingerprint density at radius 3 is 2.50 bits per heavy atom. The Morgan fingerprint density at radius 2 is 1.88 bits per heavy atom. The van der Waals surface area contributed by atoms with Gasteiger partial charge in [-0.1, -0.05) is 49.7 Å². The van der Waals surface area contributed by atoms with Crippen LogP contribution in [0, 0.1) is 11.6 Å². The second kappa shape index (κ2) is 8.55. The number of hydrogen-bond donors (Lipinski definition) is 2. The maximum absolute atomic E-state index is 13.7. The largest absolute Gasteiger partial charge is 0.354 e. The first-order valence-electron chi connectivity index (χ1n) is 8.06. The van der Waals surface area contributed by atoms with Crippen LogP contribution in [0.5, 0.6) is 0 Å². The molecule has 1 amide bonds. The molecule has 0 aromatic heterocycles. The van der Waals surface area contributed by atoms with Gasteiger partial charge in [0.15, 0.2) is 0 Å². The van der Waals surface area contributed by atoms with Crippen molar-refractivity contribution in [2.45, 2.75) is 31.7 Å². The summed E-state index contributed by atoms with van der Waals surface area (Å²) in [5, 5.41) is 2.78. The number of nitrogens with two attached hydrogens (primary N) is 1. The van der Waals surface area contributed by atoms with E-state index in [0.717, 1.165) is 30.5 Å². The fourth-order valence-corrected chi connectivity index (χ4v) is 2.67. The summed E-state index contributed by atoms with van der Waals surface area (Å²) in [6.07, 6.45) is 1.58. The zero-order valence-corrected chi connectivity index (χ0v) is 13.6. The average molecular weight is 332 g/mol. The van der Waals surface area contributed by atoms with E-state index in [4.69, 9.17) is 5.73 Å². The minimum absolute atomic E-state index is 0.0917. The minimum Gasteiger partial charge on any atom is -0.354 e. The van der Waals surface area contributed by atoms with Gasteiger partial charge >= 0.3 is 0 Å². The molecular formula is C19H22F2N2O. The van der Waals surface area contributed by atoms with E-state index in [-0.39, 0.29) is 23.9 Å². The molecule has 128 valence electrons. The highest BCUT2D eigenvalue weighted by Crippen LogP contribution is 2.22. The number of hydrogen-bond acceptors (Lipinski definition) is 2. The Hall–Kier alpha value is -2.27. The van der Waals surface area contributed by atoms with E-state index in [1.54, 1.807) is 0 Å². The summed E-state index contributed by atoms with van der Waals surface area (Å²) in [6.45, 7) is 2.11. The van der Waals surface area contributed by atoms with Gasteiger partial charge < -0.3 is 11.1 Å². The monoisotopic (exact) mass is 332 g/mol. The molecule has 0 bridgehead atoms. The van der Waals surface area contributed by atoms with Crippen LogP contribution in [-0.2, 0) is 4.79 Å². The third-order valence-electron chi connectivity index (χ3n) is 3.95. The first kappa shape index (κ1) is 18.1. The standard InChI is InChI=1S/C19H22F2N2O/c1-2-6-15(13-7-4-3-5-8-13)19(24)23-12-18(22)16-10-9-14(20)11-17(16)21/h3-5,7-11,15,18H,2,6,12,22H2,1H3,(H,23,24)/t15-,18+/m0/s1. The molecule has 0 aliphatic carbocycles. The van der Waals surface area contributed by atoms with E-state index in [9.17, 15) is 13.6 Å². The zero-order chi connectivity index (χ0) is 17.5. The van der Waals surface area contributed by atoms with Crippen LogP contribution < -0.4 is 11.1 Å². The topological polar surface area (TPSA) is 55.1 Å². The Balaban J connectivity index is 2.02. The van der Waals surface area contributed by atoms with E-state index < -0.39 is 17.7 Å². The van der Waals surface area contributed by atoms with E-state index in [1.165, 1.54) is 6.07 Å². The summed E-state index contributed by atoms with van der Waals surface area (Å²) < 4.78 is 26.7. The van der Waals surface area contributed by atoms with Crippen LogP contribution in [0.4, 0.5) is 8.78 Å². The third kappa shape index (κ3) is 4.61. The van der Waals surface area contributed by atoms with Gasteiger partial charge in [-0.3, -0.25) is 4.79 Å². The Labute approximate surface area is 140 Å². The molecule has 0 unspecified atom stereocenters. The van der Waals surface area contributed by atoms with E-state index in [2.05, 4.69) is 5.32 Å². The summed E-state index contributed by atoms with van der Waals surface area (Å²) in [7, 11) is 0. The number of carbonyl (C=O) groups excluding carboxylic acids is 1. The molecule has 5 heteroatoms. The molecule has 2 aromatic rings. The fourth-order valence-electron chi connectivity index (χ4n) is 2.67. The van der Waals surface area contributed by atoms with Crippen molar-refractivity contribution < 1.29 is 13.6 Å². The molecule has 0 saturated heterocycles. The van der Waals surface area contributed by atoms with Crippen molar-refractivity contribution in [1.29, 1.82) is 0 Å². The van der Waals surface area contributed by atoms with Crippen molar-refractivity contribution in [2.24, 2.45) is 5.73 Å². The first-order chi connectivity index (χ1) is 11.5. The molecule has 3 N–H and O–H groups in total. The van der Waals surface area contributed by atoms with E-state index >= 15 is 0 Å². The predicted molar refractivity (Wildman–Crippen MR) is 90.4 cm³/mol. The van der Waals surface area contributed by atoms with Crippen molar-refractivity contribution in [3.05, 3.63) is 71.3 Å². The second-order valence-corrected chi connectivity index (χ2v) is 5.77. The normalized spacial score (nSPS) is 13.3. The van der Waals surface area contributed by atoms with Crippen LogP contribution >= 0.6 is 0 Å². The maximum atomic E-state index is 13.7. The van der Waals surface area contributed by atoms with Gasteiger partial charge in [0.2, 0.25) is 5.91 Å². The second-order valence-electron chi connectivity index (χ2n) is 5.77. The molecule has 0 fully saturated rings. The number of amides is 1. The fraction of sp³-hybridized carbons (Fsp3) is 0.316. The van der Waals surface area contributed by atoms with Crippen LogP contribution in [-0.4, -0.2) is 12.5 Å². The van der Waals surface area contributed by atoms with Gasteiger partial charge in [0.1, 0.15) is 11.6 Å². The lowest BCUT2D eigenvalue weighted by molar-refractivity contribution is -0.122. The highest BCUT2D eigenvalue weighted by molar-refractivity contribution is 5.83. The van der Waals surface area contributed by atoms with Crippen molar-refractivity contribution >= 4 is 5.91 Å². The lowest BCUT2D eigenvalue weighted by Crippen LogP contribution is -2.35. The molecule has 3 nitrogen and oxygen atoms in total. The molecule has 0 aliphatic heterocycles. The van der Waals surface area contributed by atoms with Crippen LogP contribution in [0.1, 0.15) is 42.9 Å². The van der Waals surface area contributed by atoms with Gasteiger partial charge in [-0.05, 0) is 18.1 Å². The van der Waals surface area contributed by atoms with Crippen LogP contribution in [0.2, 0.25) is 0 Å². The zero-order valence-electron chi connectivity index (χ0n) is 13.6. The third-order valence-corrected chi connectivity index (χ3v) is 3.95. The number of nitrogens with one attached hydrogen (secondary N) is 1. The minimum atomic E-state index is -0.729. The Bertz CT molecular complexity index is 676.